The van der Waals surface area contributed by atoms with Crippen molar-refractivity contribution >= 4 is 50.1 Å². The van der Waals surface area contributed by atoms with Gasteiger partial charge in [0.05, 0.1) is 16.6 Å². The Hall–Kier alpha value is -3.26. The van der Waals surface area contributed by atoms with Crippen LogP contribution >= 0.6 is 11.3 Å². The van der Waals surface area contributed by atoms with E-state index in [1.54, 1.807) is 12.1 Å². The highest BCUT2D eigenvalue weighted by atomic mass is 32.1. The Kier molecular flexibility index (Phi) is 4.32. The second-order valence-electron chi connectivity index (χ2n) is 5.71. The van der Waals surface area contributed by atoms with E-state index in [2.05, 4.69) is 25.9 Å². The molecule has 0 saturated carbocycles. The van der Waals surface area contributed by atoms with Crippen LogP contribution in [0.5, 0.6) is 0 Å². The first-order chi connectivity index (χ1) is 12.7. The summed E-state index contributed by atoms with van der Waals surface area (Å²) in [5.41, 5.74) is 1.53. The molecule has 3 aromatic rings. The molecule has 1 aromatic heterocycles. The molecule has 1 aliphatic heterocycles. The van der Waals surface area contributed by atoms with Crippen molar-refractivity contribution in [3.05, 3.63) is 54.6 Å². The van der Waals surface area contributed by atoms with Gasteiger partial charge < -0.3 is 10.6 Å². The highest BCUT2D eigenvalue weighted by Gasteiger charge is 2.27. The zero-order valence-electron chi connectivity index (χ0n) is 13.6. The van der Waals surface area contributed by atoms with Gasteiger partial charge >= 0.3 is 0 Å². The van der Waals surface area contributed by atoms with Gasteiger partial charge in [0, 0.05) is 5.69 Å². The van der Waals surface area contributed by atoms with Crippen LogP contribution in [-0.2, 0) is 9.59 Å². The lowest BCUT2D eigenvalue weighted by atomic mass is 10.1. The number of aromatic nitrogens is 1. The molecule has 0 radical (unpaired) electrons. The molecule has 0 saturated heterocycles. The van der Waals surface area contributed by atoms with Crippen molar-refractivity contribution in [1.29, 1.82) is 0 Å². The predicted octanol–water partition coefficient (Wildman–Crippen LogP) is 2.59. The van der Waals surface area contributed by atoms with Crippen LogP contribution in [0.25, 0.3) is 10.2 Å². The van der Waals surface area contributed by atoms with Crippen molar-refractivity contribution in [2.45, 2.75) is 12.5 Å². The topological polar surface area (TPSA) is 95.5 Å². The zero-order valence-corrected chi connectivity index (χ0v) is 14.4. The average Bonchev–Trinajstić information content (AvgIpc) is 3.04. The van der Waals surface area contributed by atoms with Gasteiger partial charge in [-0.3, -0.25) is 14.9 Å². The smallest absolute Gasteiger partial charge is 0.249 e. The van der Waals surface area contributed by atoms with E-state index >= 15 is 0 Å². The quantitative estimate of drug-likeness (QED) is 0.665. The third-order valence-electron chi connectivity index (χ3n) is 3.78. The highest BCUT2D eigenvalue weighted by molar-refractivity contribution is 7.22. The highest BCUT2D eigenvalue weighted by Crippen LogP contribution is 2.25. The first kappa shape index (κ1) is 16.2. The number of hydrogen-bond acceptors (Lipinski definition) is 6. The first-order valence-electron chi connectivity index (χ1n) is 8.03. The second-order valence-corrected chi connectivity index (χ2v) is 6.74. The number of carbonyl (C=O) groups is 2. The lowest BCUT2D eigenvalue weighted by Crippen LogP contribution is -2.45. The Labute approximate surface area is 153 Å². The van der Waals surface area contributed by atoms with E-state index in [-0.39, 0.29) is 24.2 Å². The van der Waals surface area contributed by atoms with E-state index < -0.39 is 6.04 Å². The summed E-state index contributed by atoms with van der Waals surface area (Å²) in [5, 5.41) is 9.02. The maximum Gasteiger partial charge on any atom is 0.249 e. The average molecular weight is 365 g/mol. The summed E-state index contributed by atoms with van der Waals surface area (Å²) in [6.07, 6.45) is 0.00366. The number of amides is 2. The van der Waals surface area contributed by atoms with Crippen molar-refractivity contribution in [3.8, 4) is 0 Å². The van der Waals surface area contributed by atoms with Crippen molar-refractivity contribution in [2.24, 2.45) is 4.99 Å². The summed E-state index contributed by atoms with van der Waals surface area (Å²) in [6.45, 7) is 0. The molecule has 8 heteroatoms. The molecule has 0 aliphatic carbocycles. The minimum Gasteiger partial charge on any atom is -0.324 e. The molecule has 130 valence electrons. The summed E-state index contributed by atoms with van der Waals surface area (Å²) >= 11 is 1.45. The summed E-state index contributed by atoms with van der Waals surface area (Å²) in [6, 6.07) is 16.0. The van der Waals surface area contributed by atoms with Crippen LogP contribution < -0.4 is 16.0 Å². The molecule has 7 nitrogen and oxygen atoms in total. The molecule has 0 bridgehead atoms. The molecule has 26 heavy (non-hydrogen) atoms. The lowest BCUT2D eigenvalue weighted by Gasteiger charge is -2.20. The monoisotopic (exact) mass is 365 g/mol. The normalized spacial score (nSPS) is 16.7. The van der Waals surface area contributed by atoms with Crippen molar-refractivity contribution < 1.29 is 9.59 Å². The van der Waals surface area contributed by atoms with Crippen LogP contribution in [-0.4, -0.2) is 28.8 Å². The number of nitrogens with zero attached hydrogens (tertiary/aromatic N) is 2. The first-order valence-corrected chi connectivity index (χ1v) is 8.85. The third kappa shape index (κ3) is 3.55. The Morgan fingerprint density at radius 3 is 2.69 bits per heavy atom. The van der Waals surface area contributed by atoms with Gasteiger partial charge in [-0.25, -0.2) is 9.98 Å². The summed E-state index contributed by atoms with van der Waals surface area (Å²) in [4.78, 5) is 33.2. The summed E-state index contributed by atoms with van der Waals surface area (Å²) < 4.78 is 1.02. The zero-order chi connectivity index (χ0) is 17.9. The molecule has 0 spiro atoms. The predicted molar refractivity (Wildman–Crippen MR) is 102 cm³/mol. The Morgan fingerprint density at radius 2 is 1.88 bits per heavy atom. The van der Waals surface area contributed by atoms with Gasteiger partial charge in [0.15, 0.2) is 5.13 Å². The van der Waals surface area contributed by atoms with Gasteiger partial charge in [0.1, 0.15) is 6.04 Å². The molecule has 1 aliphatic rings. The second kappa shape index (κ2) is 6.93. The van der Waals surface area contributed by atoms with Gasteiger partial charge in [-0.15, -0.1) is 0 Å². The van der Waals surface area contributed by atoms with E-state index in [0.717, 1.165) is 10.2 Å². The van der Waals surface area contributed by atoms with Crippen LogP contribution in [0.3, 0.4) is 0 Å². The molecule has 1 atom stereocenters. The standard InChI is InChI=1S/C18H15N5O2S/c24-15-10-13(16(25)19-11-6-2-1-3-7-11)20-17(22-15)23-18-21-12-8-4-5-9-14(12)26-18/h1-9,13H,10H2,(H,19,25)(H2,20,21,22,23,24)/t13-/m0/s1. The molecule has 2 amide bonds. The van der Waals surface area contributed by atoms with E-state index in [9.17, 15) is 9.59 Å². The third-order valence-corrected chi connectivity index (χ3v) is 4.74. The Balaban J connectivity index is 1.51. The Morgan fingerprint density at radius 1 is 1.12 bits per heavy atom. The minimum atomic E-state index is -0.791. The van der Waals surface area contributed by atoms with Crippen molar-refractivity contribution in [2.75, 3.05) is 10.6 Å². The number of guanidine groups is 1. The molecule has 2 aromatic carbocycles. The molecule has 4 rings (SSSR count). The van der Waals surface area contributed by atoms with Gasteiger partial charge in [-0.2, -0.15) is 0 Å². The minimum absolute atomic E-state index is 0.00366. The van der Waals surface area contributed by atoms with Crippen LogP contribution in [0.2, 0.25) is 0 Å². The molecular weight excluding hydrogens is 350 g/mol. The van der Waals surface area contributed by atoms with Crippen LogP contribution in [0.4, 0.5) is 10.8 Å². The number of hydrogen-bond donors (Lipinski definition) is 3. The summed E-state index contributed by atoms with van der Waals surface area (Å²) in [7, 11) is 0. The maximum atomic E-state index is 12.4. The number of para-hydroxylation sites is 2. The number of thiazole rings is 1. The SMILES string of the molecule is O=C1C[C@@H](C(=O)Nc2ccccc2)N=C(Nc2nc3ccccc3s2)N1. The number of carbonyl (C=O) groups excluding carboxylic acids is 2. The largest absolute Gasteiger partial charge is 0.324 e. The lowest BCUT2D eigenvalue weighted by molar-refractivity contribution is -0.124. The Bertz CT molecular complexity index is 966. The molecule has 0 fully saturated rings. The fraction of sp³-hybridized carbons (Fsp3) is 0.111. The molecule has 2 heterocycles. The summed E-state index contributed by atoms with van der Waals surface area (Å²) in [5.74, 6) is -0.361. The van der Waals surface area contributed by atoms with E-state index in [4.69, 9.17) is 0 Å². The number of aliphatic imine (C=N–C) groups is 1. The van der Waals surface area contributed by atoms with Crippen molar-refractivity contribution in [1.82, 2.24) is 10.3 Å². The molecule has 3 N–H and O–H groups in total. The van der Waals surface area contributed by atoms with Gasteiger partial charge in [-0.05, 0) is 24.3 Å². The maximum absolute atomic E-state index is 12.4. The number of fused-ring (bicyclic) bond motifs is 1. The van der Waals surface area contributed by atoms with Gasteiger partial charge in [0.25, 0.3) is 0 Å². The van der Waals surface area contributed by atoms with Crippen LogP contribution in [0.15, 0.2) is 59.6 Å². The fourth-order valence-corrected chi connectivity index (χ4v) is 3.45. The van der Waals surface area contributed by atoms with E-state index in [1.807, 2.05) is 42.5 Å². The fourth-order valence-electron chi connectivity index (χ4n) is 2.58. The van der Waals surface area contributed by atoms with Crippen LogP contribution in [0.1, 0.15) is 6.42 Å². The van der Waals surface area contributed by atoms with E-state index in [1.165, 1.54) is 11.3 Å². The number of anilines is 2. The van der Waals surface area contributed by atoms with E-state index in [0.29, 0.717) is 10.8 Å². The van der Waals surface area contributed by atoms with Crippen molar-refractivity contribution in [3.63, 3.8) is 0 Å². The van der Waals surface area contributed by atoms with Gasteiger partial charge in [0.2, 0.25) is 17.8 Å². The number of rotatable bonds is 3. The molecule has 0 unspecified atom stereocenters. The van der Waals surface area contributed by atoms with Crippen LogP contribution in [0, 0.1) is 0 Å². The number of benzene rings is 2. The number of nitrogens with one attached hydrogen (secondary N) is 3. The molecular formula is C18H15N5O2S. The van der Waals surface area contributed by atoms with Gasteiger partial charge in [-0.1, -0.05) is 41.7 Å².